The largest absolute Gasteiger partial charge is 0.491 e. The Kier molecular flexibility index (Phi) is 2.30. The predicted octanol–water partition coefficient (Wildman–Crippen LogP) is 2.39. The van der Waals surface area contributed by atoms with E-state index in [0.717, 1.165) is 40.1 Å². The van der Waals surface area contributed by atoms with Crippen LogP contribution in [0.15, 0.2) is 36.4 Å². The standard InChI is InChI=1S/C19H15N3O3/c1-11-20-21-18-19(12-4-2-3-5-14(12)22(11)18)10-25-15-9-17-16(8-13(15)19)23-6-7-24-17/h2-5,8-9H,6-7,10H2,1H3. The van der Waals surface area contributed by atoms with Gasteiger partial charge in [0.2, 0.25) is 0 Å². The Balaban J connectivity index is 1.68. The molecular weight excluding hydrogens is 318 g/mol. The Morgan fingerprint density at radius 3 is 2.60 bits per heavy atom. The van der Waals surface area contributed by atoms with Crippen molar-refractivity contribution < 1.29 is 14.2 Å². The van der Waals surface area contributed by atoms with Crippen LogP contribution in [-0.2, 0) is 5.41 Å². The van der Waals surface area contributed by atoms with Crippen molar-refractivity contribution in [2.45, 2.75) is 12.3 Å². The summed E-state index contributed by atoms with van der Waals surface area (Å²) in [7, 11) is 0. The van der Waals surface area contributed by atoms with E-state index in [9.17, 15) is 0 Å². The fraction of sp³-hybridized carbons (Fsp3) is 0.263. The van der Waals surface area contributed by atoms with Gasteiger partial charge in [-0.05, 0) is 24.6 Å². The summed E-state index contributed by atoms with van der Waals surface area (Å²) >= 11 is 0. The third-order valence-corrected chi connectivity index (χ3v) is 5.36. The highest BCUT2D eigenvalue weighted by Crippen LogP contribution is 2.55. The molecule has 0 bridgehead atoms. The maximum absolute atomic E-state index is 6.11. The highest BCUT2D eigenvalue weighted by atomic mass is 16.6. The highest BCUT2D eigenvalue weighted by molar-refractivity contribution is 5.68. The fourth-order valence-electron chi connectivity index (χ4n) is 4.27. The van der Waals surface area contributed by atoms with E-state index in [-0.39, 0.29) is 0 Å². The molecule has 6 nitrogen and oxygen atoms in total. The van der Waals surface area contributed by atoms with Gasteiger partial charge in [-0.3, -0.25) is 4.57 Å². The molecule has 1 atom stereocenters. The molecule has 2 aromatic carbocycles. The first kappa shape index (κ1) is 13.3. The maximum atomic E-state index is 6.11. The van der Waals surface area contributed by atoms with Crippen LogP contribution in [-0.4, -0.2) is 34.6 Å². The van der Waals surface area contributed by atoms with Gasteiger partial charge in [-0.25, -0.2) is 0 Å². The summed E-state index contributed by atoms with van der Waals surface area (Å²) in [5.41, 5.74) is 2.92. The summed E-state index contributed by atoms with van der Waals surface area (Å²) < 4.78 is 19.8. The van der Waals surface area contributed by atoms with Crippen molar-refractivity contribution in [1.82, 2.24) is 14.8 Å². The number of hydrogen-bond acceptors (Lipinski definition) is 5. The highest BCUT2D eigenvalue weighted by Gasteiger charge is 2.53. The van der Waals surface area contributed by atoms with Crippen molar-refractivity contribution in [3.8, 4) is 22.9 Å². The lowest BCUT2D eigenvalue weighted by molar-refractivity contribution is 0.171. The van der Waals surface area contributed by atoms with E-state index in [1.807, 2.05) is 25.1 Å². The van der Waals surface area contributed by atoms with Crippen LogP contribution in [0.5, 0.6) is 17.2 Å². The van der Waals surface area contributed by atoms with Gasteiger partial charge in [-0.2, -0.15) is 0 Å². The lowest BCUT2D eigenvalue weighted by atomic mass is 9.76. The Morgan fingerprint density at radius 1 is 0.920 bits per heavy atom. The summed E-state index contributed by atoms with van der Waals surface area (Å²) in [5.74, 6) is 4.12. The van der Waals surface area contributed by atoms with Crippen LogP contribution >= 0.6 is 0 Å². The molecule has 1 unspecified atom stereocenters. The summed E-state index contributed by atoms with van der Waals surface area (Å²) in [5, 5.41) is 8.84. The summed E-state index contributed by atoms with van der Waals surface area (Å²) in [4.78, 5) is 0. The molecule has 0 N–H and O–H groups in total. The second-order valence-corrected chi connectivity index (χ2v) is 6.61. The van der Waals surface area contributed by atoms with Gasteiger partial charge in [0.25, 0.3) is 0 Å². The smallest absolute Gasteiger partial charge is 0.165 e. The van der Waals surface area contributed by atoms with Gasteiger partial charge in [0.15, 0.2) is 17.3 Å². The molecule has 3 aromatic rings. The van der Waals surface area contributed by atoms with Gasteiger partial charge in [-0.1, -0.05) is 18.2 Å². The van der Waals surface area contributed by atoms with Crippen LogP contribution in [0.25, 0.3) is 5.69 Å². The van der Waals surface area contributed by atoms with Gasteiger partial charge < -0.3 is 14.2 Å². The second kappa shape index (κ2) is 4.33. The first-order valence-corrected chi connectivity index (χ1v) is 8.38. The molecule has 3 aliphatic heterocycles. The maximum Gasteiger partial charge on any atom is 0.165 e. The van der Waals surface area contributed by atoms with E-state index < -0.39 is 5.41 Å². The summed E-state index contributed by atoms with van der Waals surface area (Å²) in [6, 6.07) is 12.4. The molecule has 0 radical (unpaired) electrons. The minimum absolute atomic E-state index is 0.455. The average Bonchev–Trinajstić information content (AvgIpc) is 3.29. The number of aryl methyl sites for hydroxylation is 1. The molecule has 3 aliphatic rings. The number of aromatic nitrogens is 3. The minimum atomic E-state index is -0.455. The zero-order chi connectivity index (χ0) is 16.6. The van der Waals surface area contributed by atoms with Gasteiger partial charge >= 0.3 is 0 Å². The van der Waals surface area contributed by atoms with Crippen LogP contribution in [0.2, 0.25) is 0 Å². The van der Waals surface area contributed by atoms with Crippen LogP contribution in [0.1, 0.15) is 22.8 Å². The number of ether oxygens (including phenoxy) is 3. The van der Waals surface area contributed by atoms with E-state index >= 15 is 0 Å². The molecule has 0 saturated heterocycles. The van der Waals surface area contributed by atoms with Crippen molar-refractivity contribution in [3.05, 3.63) is 59.2 Å². The zero-order valence-corrected chi connectivity index (χ0v) is 13.7. The Labute approximate surface area is 144 Å². The molecule has 1 spiro atoms. The van der Waals surface area contributed by atoms with Crippen molar-refractivity contribution in [2.75, 3.05) is 19.8 Å². The number of nitrogens with zero attached hydrogens (tertiary/aromatic N) is 3. The molecule has 0 saturated carbocycles. The topological polar surface area (TPSA) is 58.4 Å². The summed E-state index contributed by atoms with van der Waals surface area (Å²) in [6.07, 6.45) is 0. The molecule has 6 rings (SSSR count). The van der Waals surface area contributed by atoms with Crippen LogP contribution in [0.4, 0.5) is 0 Å². The van der Waals surface area contributed by atoms with Crippen LogP contribution < -0.4 is 14.2 Å². The minimum Gasteiger partial charge on any atom is -0.491 e. The first-order valence-electron chi connectivity index (χ1n) is 8.38. The van der Waals surface area contributed by atoms with Gasteiger partial charge in [0.1, 0.15) is 36.8 Å². The van der Waals surface area contributed by atoms with Crippen molar-refractivity contribution in [3.63, 3.8) is 0 Å². The lowest BCUT2D eigenvalue weighted by Crippen LogP contribution is -2.30. The quantitative estimate of drug-likeness (QED) is 0.632. The molecule has 6 heteroatoms. The van der Waals surface area contributed by atoms with E-state index in [4.69, 9.17) is 14.2 Å². The number of rotatable bonds is 0. The molecule has 124 valence electrons. The number of benzene rings is 2. The van der Waals surface area contributed by atoms with Crippen LogP contribution in [0.3, 0.4) is 0 Å². The molecule has 0 fully saturated rings. The monoisotopic (exact) mass is 333 g/mol. The summed E-state index contributed by atoms with van der Waals surface area (Å²) in [6.45, 7) is 3.60. The molecule has 25 heavy (non-hydrogen) atoms. The molecule has 0 amide bonds. The van der Waals surface area contributed by atoms with E-state index in [1.54, 1.807) is 0 Å². The zero-order valence-electron chi connectivity index (χ0n) is 13.7. The van der Waals surface area contributed by atoms with E-state index in [1.165, 1.54) is 5.56 Å². The molecule has 0 aliphatic carbocycles. The third kappa shape index (κ3) is 1.46. The Bertz CT molecular complexity index is 1040. The van der Waals surface area contributed by atoms with Crippen molar-refractivity contribution in [1.29, 1.82) is 0 Å². The Morgan fingerprint density at radius 2 is 1.72 bits per heavy atom. The molecule has 1 aromatic heterocycles. The SMILES string of the molecule is Cc1nnc2n1-c1ccccc1C21COc2cc3c(cc21)OCCO3. The fourth-order valence-corrected chi connectivity index (χ4v) is 4.27. The number of hydrogen-bond donors (Lipinski definition) is 0. The van der Waals surface area contributed by atoms with E-state index in [0.29, 0.717) is 19.8 Å². The van der Waals surface area contributed by atoms with Crippen molar-refractivity contribution >= 4 is 0 Å². The van der Waals surface area contributed by atoms with Crippen molar-refractivity contribution in [2.24, 2.45) is 0 Å². The van der Waals surface area contributed by atoms with E-state index in [2.05, 4.69) is 33.0 Å². The lowest BCUT2D eigenvalue weighted by Gasteiger charge is -2.24. The Hall–Kier alpha value is -3.02. The van der Waals surface area contributed by atoms with Crippen LogP contribution in [0, 0.1) is 6.92 Å². The van der Waals surface area contributed by atoms with Gasteiger partial charge in [0, 0.05) is 11.6 Å². The van der Waals surface area contributed by atoms with Gasteiger partial charge in [-0.15, -0.1) is 10.2 Å². The predicted molar refractivity (Wildman–Crippen MR) is 88.9 cm³/mol. The number of para-hydroxylation sites is 1. The first-order chi connectivity index (χ1) is 12.3. The molecule has 4 heterocycles. The average molecular weight is 333 g/mol. The third-order valence-electron chi connectivity index (χ3n) is 5.36. The van der Waals surface area contributed by atoms with Gasteiger partial charge in [0.05, 0.1) is 5.69 Å². The number of fused-ring (bicyclic) bond motifs is 8. The molecular formula is C19H15N3O3. The normalized spacial score (nSPS) is 21.6. The second-order valence-electron chi connectivity index (χ2n) is 6.61.